The second-order valence-corrected chi connectivity index (χ2v) is 3.75. The molecule has 0 aliphatic rings. The van der Waals surface area contributed by atoms with Crippen LogP contribution in [0.5, 0.6) is 0 Å². The number of ether oxygens (including phenoxy) is 1. The van der Waals surface area contributed by atoms with Crippen molar-refractivity contribution in [1.82, 2.24) is 0 Å². The Bertz CT molecular complexity index is 115. The van der Waals surface area contributed by atoms with Gasteiger partial charge in [0.05, 0.1) is 13.0 Å². The molecule has 0 aromatic heterocycles. The number of carbonyl (C=O) groups is 1. The van der Waals surface area contributed by atoms with Crippen molar-refractivity contribution in [3.63, 3.8) is 0 Å². The van der Waals surface area contributed by atoms with Gasteiger partial charge in [0.1, 0.15) is 0 Å². The third-order valence-electron chi connectivity index (χ3n) is 1.32. The van der Waals surface area contributed by atoms with Gasteiger partial charge in [-0.1, -0.05) is 13.8 Å². The maximum Gasteiger partial charge on any atom is 0.306 e. The van der Waals surface area contributed by atoms with E-state index in [9.17, 15) is 4.79 Å². The molecular weight excluding hydrogens is 160 g/mol. The van der Waals surface area contributed by atoms with Crippen LogP contribution in [-0.2, 0) is 9.53 Å². The Balaban J connectivity index is 3.36. The number of hydrogen-bond donors (Lipinski definition) is 0. The van der Waals surface area contributed by atoms with Crippen LogP contribution in [0.15, 0.2) is 0 Å². The molecule has 0 saturated heterocycles. The lowest BCUT2D eigenvalue weighted by Gasteiger charge is -2.06. The van der Waals surface area contributed by atoms with Crippen LogP contribution in [-0.4, -0.2) is 24.1 Å². The van der Waals surface area contributed by atoms with Crippen LogP contribution >= 0.6 is 11.8 Å². The smallest absolute Gasteiger partial charge is 0.306 e. The minimum atomic E-state index is -0.0753. The van der Waals surface area contributed by atoms with Crippen molar-refractivity contribution in [2.75, 3.05) is 12.9 Å². The van der Waals surface area contributed by atoms with Crippen molar-refractivity contribution in [3.05, 3.63) is 0 Å². The predicted molar refractivity (Wildman–Crippen MR) is 48.8 cm³/mol. The van der Waals surface area contributed by atoms with Crippen LogP contribution in [0.25, 0.3) is 0 Å². The summed E-state index contributed by atoms with van der Waals surface area (Å²) in [6.45, 7) is 4.57. The van der Waals surface area contributed by atoms with Gasteiger partial charge in [0.15, 0.2) is 0 Å². The second-order valence-electron chi connectivity index (χ2n) is 2.47. The van der Waals surface area contributed by atoms with Gasteiger partial charge >= 0.3 is 5.97 Å². The van der Waals surface area contributed by atoms with Gasteiger partial charge in [0.25, 0.3) is 0 Å². The fourth-order valence-electron chi connectivity index (χ4n) is 0.593. The average molecular weight is 176 g/mol. The monoisotopic (exact) mass is 176 g/mol. The molecule has 2 nitrogen and oxygen atoms in total. The van der Waals surface area contributed by atoms with Crippen molar-refractivity contribution in [2.45, 2.75) is 31.9 Å². The van der Waals surface area contributed by atoms with Gasteiger partial charge in [0.2, 0.25) is 0 Å². The Kier molecular flexibility index (Phi) is 6.42. The molecule has 0 bridgehead atoms. The molecule has 11 heavy (non-hydrogen) atoms. The molecular formula is C8H16O2S. The first-order chi connectivity index (χ1) is 5.20. The van der Waals surface area contributed by atoms with E-state index in [4.69, 9.17) is 4.74 Å². The van der Waals surface area contributed by atoms with E-state index >= 15 is 0 Å². The van der Waals surface area contributed by atoms with Gasteiger partial charge in [-0.3, -0.25) is 4.79 Å². The van der Waals surface area contributed by atoms with Crippen molar-refractivity contribution in [2.24, 2.45) is 0 Å². The summed E-state index contributed by atoms with van der Waals surface area (Å²) in [4.78, 5) is 10.9. The number of rotatable bonds is 5. The maximum atomic E-state index is 10.9. The van der Waals surface area contributed by atoms with Gasteiger partial charge in [-0.05, 0) is 12.7 Å². The van der Waals surface area contributed by atoms with Crippen LogP contribution in [0.1, 0.15) is 26.7 Å². The number of thioether (sulfide) groups is 1. The first-order valence-electron chi connectivity index (χ1n) is 3.89. The SMILES string of the molecule is CCCOC(=O)CC(C)SC. The highest BCUT2D eigenvalue weighted by molar-refractivity contribution is 7.99. The largest absolute Gasteiger partial charge is 0.466 e. The highest BCUT2D eigenvalue weighted by Crippen LogP contribution is 2.09. The quantitative estimate of drug-likeness (QED) is 0.600. The van der Waals surface area contributed by atoms with Crippen molar-refractivity contribution >= 4 is 17.7 Å². The van der Waals surface area contributed by atoms with Gasteiger partial charge in [0, 0.05) is 5.25 Å². The average Bonchev–Trinajstić information content (AvgIpc) is 2.00. The Hall–Kier alpha value is -0.180. The minimum Gasteiger partial charge on any atom is -0.466 e. The zero-order chi connectivity index (χ0) is 8.69. The van der Waals surface area contributed by atoms with E-state index in [2.05, 4.69) is 0 Å². The summed E-state index contributed by atoms with van der Waals surface area (Å²) in [6, 6.07) is 0. The van der Waals surface area contributed by atoms with Crippen LogP contribution in [0.3, 0.4) is 0 Å². The Morgan fingerprint density at radius 1 is 1.64 bits per heavy atom. The van der Waals surface area contributed by atoms with Crippen LogP contribution in [0, 0.1) is 0 Å². The van der Waals surface area contributed by atoms with Gasteiger partial charge in [-0.25, -0.2) is 0 Å². The zero-order valence-electron chi connectivity index (χ0n) is 7.42. The lowest BCUT2D eigenvalue weighted by Crippen LogP contribution is -2.10. The normalized spacial score (nSPS) is 12.6. The Morgan fingerprint density at radius 2 is 2.27 bits per heavy atom. The summed E-state index contributed by atoms with van der Waals surface area (Å²) < 4.78 is 4.91. The molecule has 3 heteroatoms. The van der Waals surface area contributed by atoms with Gasteiger partial charge < -0.3 is 4.74 Å². The molecule has 0 N–H and O–H groups in total. The van der Waals surface area contributed by atoms with E-state index in [1.807, 2.05) is 20.1 Å². The standard InChI is InChI=1S/C8H16O2S/c1-4-5-10-8(9)6-7(2)11-3/h7H,4-6H2,1-3H3. The molecule has 0 amide bonds. The maximum absolute atomic E-state index is 10.9. The molecule has 0 saturated carbocycles. The van der Waals surface area contributed by atoms with Gasteiger partial charge in [-0.15, -0.1) is 0 Å². The molecule has 66 valence electrons. The Labute approximate surface area is 72.7 Å². The summed E-state index contributed by atoms with van der Waals surface area (Å²) >= 11 is 1.69. The molecule has 1 atom stereocenters. The van der Waals surface area contributed by atoms with Crippen LogP contribution < -0.4 is 0 Å². The van der Waals surface area contributed by atoms with Crippen LogP contribution in [0.4, 0.5) is 0 Å². The fraction of sp³-hybridized carbons (Fsp3) is 0.875. The summed E-state index contributed by atoms with van der Waals surface area (Å²) in [6.07, 6.45) is 3.43. The fourth-order valence-corrected chi connectivity index (χ4v) is 0.896. The topological polar surface area (TPSA) is 26.3 Å². The lowest BCUT2D eigenvalue weighted by atomic mass is 10.3. The zero-order valence-corrected chi connectivity index (χ0v) is 8.24. The van der Waals surface area contributed by atoms with E-state index in [0.717, 1.165) is 6.42 Å². The molecule has 0 radical (unpaired) electrons. The number of esters is 1. The summed E-state index contributed by atoms with van der Waals surface area (Å²) in [5, 5.41) is 0.374. The first-order valence-corrected chi connectivity index (χ1v) is 5.18. The number of hydrogen-bond acceptors (Lipinski definition) is 3. The van der Waals surface area contributed by atoms with E-state index in [1.165, 1.54) is 0 Å². The third-order valence-corrected chi connectivity index (χ3v) is 2.30. The molecule has 0 heterocycles. The van der Waals surface area contributed by atoms with Crippen molar-refractivity contribution in [1.29, 1.82) is 0 Å². The Morgan fingerprint density at radius 3 is 2.73 bits per heavy atom. The highest BCUT2D eigenvalue weighted by Gasteiger charge is 2.07. The molecule has 0 aromatic rings. The third kappa shape index (κ3) is 6.23. The first kappa shape index (κ1) is 10.8. The lowest BCUT2D eigenvalue weighted by molar-refractivity contribution is -0.143. The number of carbonyl (C=O) groups excluding carboxylic acids is 1. The summed E-state index contributed by atoms with van der Waals surface area (Å²) in [5.41, 5.74) is 0. The second kappa shape index (κ2) is 6.53. The molecule has 0 fully saturated rings. The molecule has 0 aliphatic carbocycles. The van der Waals surface area contributed by atoms with Crippen molar-refractivity contribution < 1.29 is 9.53 Å². The highest BCUT2D eigenvalue weighted by atomic mass is 32.2. The minimum absolute atomic E-state index is 0.0753. The summed E-state index contributed by atoms with van der Waals surface area (Å²) in [7, 11) is 0. The molecule has 0 rings (SSSR count). The van der Waals surface area contributed by atoms with Crippen molar-refractivity contribution in [3.8, 4) is 0 Å². The van der Waals surface area contributed by atoms with E-state index < -0.39 is 0 Å². The summed E-state index contributed by atoms with van der Waals surface area (Å²) in [5.74, 6) is -0.0753. The van der Waals surface area contributed by atoms with E-state index in [0.29, 0.717) is 18.3 Å². The molecule has 0 aromatic carbocycles. The van der Waals surface area contributed by atoms with Crippen LogP contribution in [0.2, 0.25) is 0 Å². The van der Waals surface area contributed by atoms with E-state index in [1.54, 1.807) is 11.8 Å². The van der Waals surface area contributed by atoms with E-state index in [-0.39, 0.29) is 5.97 Å². The molecule has 1 unspecified atom stereocenters. The predicted octanol–water partition coefficient (Wildman–Crippen LogP) is 2.08. The molecule has 0 aliphatic heterocycles. The van der Waals surface area contributed by atoms with Gasteiger partial charge in [-0.2, -0.15) is 11.8 Å². The molecule has 0 spiro atoms.